The number of hydrogen-bond donors (Lipinski definition) is 1. The molecule has 0 bridgehead atoms. The van der Waals surface area contributed by atoms with Gasteiger partial charge in [0.05, 0.1) is 5.69 Å². The molecule has 1 N–H and O–H groups in total. The van der Waals surface area contributed by atoms with Crippen LogP contribution >= 0.6 is 0 Å². The summed E-state index contributed by atoms with van der Waals surface area (Å²) in [6.07, 6.45) is 5.69. The van der Waals surface area contributed by atoms with Gasteiger partial charge in [-0.1, -0.05) is 24.3 Å². The molecule has 0 radical (unpaired) electrons. The molecule has 0 saturated carbocycles. The predicted octanol–water partition coefficient (Wildman–Crippen LogP) is 3.61. The van der Waals surface area contributed by atoms with Crippen LogP contribution < -0.4 is 5.32 Å². The maximum Gasteiger partial charge on any atom is 0.0969 e. The first-order valence-electron chi connectivity index (χ1n) is 9.44. The van der Waals surface area contributed by atoms with Crippen molar-refractivity contribution in [3.8, 4) is 11.3 Å². The third-order valence-corrected chi connectivity index (χ3v) is 4.81. The molecule has 1 aromatic carbocycles. The maximum absolute atomic E-state index is 4.61. The Labute approximate surface area is 162 Å². The van der Waals surface area contributed by atoms with Crippen molar-refractivity contribution in [1.82, 2.24) is 25.0 Å². The van der Waals surface area contributed by atoms with Crippen molar-refractivity contribution in [2.45, 2.75) is 39.5 Å². The van der Waals surface area contributed by atoms with Gasteiger partial charge in [-0.3, -0.25) is 14.6 Å². The molecule has 5 nitrogen and oxygen atoms in total. The molecule has 3 rings (SSSR count). The van der Waals surface area contributed by atoms with Gasteiger partial charge in [-0.2, -0.15) is 5.10 Å². The fourth-order valence-corrected chi connectivity index (χ4v) is 3.07. The van der Waals surface area contributed by atoms with E-state index in [1.54, 1.807) is 12.4 Å². The van der Waals surface area contributed by atoms with Crippen LogP contribution in [0.3, 0.4) is 0 Å². The number of nitrogens with zero attached hydrogens (tertiary/aromatic N) is 4. The van der Waals surface area contributed by atoms with Crippen LogP contribution in [0.4, 0.5) is 0 Å². The fourth-order valence-electron chi connectivity index (χ4n) is 3.07. The molecule has 2 aromatic heterocycles. The largest absolute Gasteiger partial charge is 0.308 e. The smallest absolute Gasteiger partial charge is 0.0969 e. The Bertz CT molecular complexity index is 854. The first kappa shape index (κ1) is 19.3. The van der Waals surface area contributed by atoms with E-state index in [1.165, 1.54) is 16.7 Å². The van der Waals surface area contributed by atoms with Crippen LogP contribution in [-0.2, 0) is 26.7 Å². The van der Waals surface area contributed by atoms with E-state index in [-0.39, 0.29) is 0 Å². The SMILES string of the molecule is CC(C)N(C)Cc1cccc(CNCc2cn(C)nc2-c2ccncc2)c1. The lowest BCUT2D eigenvalue weighted by Crippen LogP contribution is -2.25. The Hall–Kier alpha value is -2.50. The van der Waals surface area contributed by atoms with Crippen LogP contribution in [0.5, 0.6) is 0 Å². The molecule has 5 heteroatoms. The van der Waals surface area contributed by atoms with Gasteiger partial charge in [0.15, 0.2) is 0 Å². The maximum atomic E-state index is 4.61. The number of pyridine rings is 1. The van der Waals surface area contributed by atoms with Gasteiger partial charge in [-0.15, -0.1) is 0 Å². The van der Waals surface area contributed by atoms with Crippen LogP contribution in [-0.4, -0.2) is 32.8 Å². The molecule has 0 atom stereocenters. The number of benzene rings is 1. The molecule has 3 aromatic rings. The van der Waals surface area contributed by atoms with Crippen molar-refractivity contribution in [2.75, 3.05) is 7.05 Å². The summed E-state index contributed by atoms with van der Waals surface area (Å²) in [5.74, 6) is 0. The number of hydrogen-bond acceptors (Lipinski definition) is 4. The highest BCUT2D eigenvalue weighted by atomic mass is 15.3. The van der Waals surface area contributed by atoms with Crippen molar-refractivity contribution in [3.63, 3.8) is 0 Å². The average molecular weight is 364 g/mol. The number of nitrogens with one attached hydrogen (secondary N) is 1. The second kappa shape index (κ2) is 8.93. The third kappa shape index (κ3) is 5.25. The molecule has 0 spiro atoms. The fraction of sp³-hybridized carbons (Fsp3) is 0.364. The summed E-state index contributed by atoms with van der Waals surface area (Å²) in [4.78, 5) is 6.45. The van der Waals surface area contributed by atoms with Crippen molar-refractivity contribution in [1.29, 1.82) is 0 Å². The van der Waals surface area contributed by atoms with E-state index in [0.717, 1.165) is 30.9 Å². The Morgan fingerprint density at radius 2 is 1.81 bits per heavy atom. The van der Waals surface area contributed by atoms with Gasteiger partial charge in [0.1, 0.15) is 0 Å². The van der Waals surface area contributed by atoms with Gasteiger partial charge in [-0.25, -0.2) is 0 Å². The summed E-state index contributed by atoms with van der Waals surface area (Å²) in [6.45, 7) is 7.03. The van der Waals surface area contributed by atoms with E-state index in [4.69, 9.17) is 0 Å². The Balaban J connectivity index is 1.62. The molecular weight excluding hydrogens is 334 g/mol. The number of rotatable bonds is 8. The second-order valence-electron chi connectivity index (χ2n) is 7.34. The minimum Gasteiger partial charge on any atom is -0.308 e. The van der Waals surface area contributed by atoms with Crippen LogP contribution in [0.25, 0.3) is 11.3 Å². The van der Waals surface area contributed by atoms with E-state index >= 15 is 0 Å². The predicted molar refractivity (Wildman–Crippen MR) is 110 cm³/mol. The van der Waals surface area contributed by atoms with Crippen LogP contribution in [0.1, 0.15) is 30.5 Å². The Kier molecular flexibility index (Phi) is 6.37. The van der Waals surface area contributed by atoms with Gasteiger partial charge < -0.3 is 5.32 Å². The molecule has 0 aliphatic carbocycles. The zero-order valence-corrected chi connectivity index (χ0v) is 16.7. The molecule has 142 valence electrons. The first-order chi connectivity index (χ1) is 13.0. The van der Waals surface area contributed by atoms with Crippen molar-refractivity contribution >= 4 is 0 Å². The molecule has 0 aliphatic rings. The van der Waals surface area contributed by atoms with Crippen LogP contribution in [0.15, 0.2) is 55.0 Å². The summed E-state index contributed by atoms with van der Waals surface area (Å²) in [6, 6.07) is 13.4. The third-order valence-electron chi connectivity index (χ3n) is 4.81. The van der Waals surface area contributed by atoms with Gasteiger partial charge in [0.25, 0.3) is 0 Å². The summed E-state index contributed by atoms with van der Waals surface area (Å²) in [7, 11) is 4.13. The zero-order chi connectivity index (χ0) is 19.2. The lowest BCUT2D eigenvalue weighted by molar-refractivity contribution is 0.266. The van der Waals surface area contributed by atoms with Crippen LogP contribution in [0.2, 0.25) is 0 Å². The number of aryl methyl sites for hydroxylation is 1. The zero-order valence-electron chi connectivity index (χ0n) is 16.7. The van der Waals surface area contributed by atoms with Gasteiger partial charge in [-0.05, 0) is 44.2 Å². The molecule has 0 unspecified atom stereocenters. The molecule has 0 fully saturated rings. The molecule has 0 amide bonds. The quantitative estimate of drug-likeness (QED) is 0.664. The summed E-state index contributed by atoms with van der Waals surface area (Å²) >= 11 is 0. The first-order valence-corrected chi connectivity index (χ1v) is 9.44. The van der Waals surface area contributed by atoms with Crippen molar-refractivity contribution in [2.24, 2.45) is 7.05 Å². The lowest BCUT2D eigenvalue weighted by Gasteiger charge is -2.21. The molecule has 2 heterocycles. The molecular formula is C22H29N5. The standard InChI is InChI=1S/C22H29N5/c1-17(2)26(3)15-19-7-5-6-18(12-19)13-24-14-21-16-27(4)25-22(21)20-8-10-23-11-9-20/h5-12,16-17,24H,13-15H2,1-4H3. The van der Waals surface area contributed by atoms with Gasteiger partial charge in [0, 0.05) is 62.4 Å². The minimum absolute atomic E-state index is 0.545. The lowest BCUT2D eigenvalue weighted by atomic mass is 10.1. The summed E-state index contributed by atoms with van der Waals surface area (Å²) in [5, 5.41) is 8.18. The molecule has 27 heavy (non-hydrogen) atoms. The van der Waals surface area contributed by atoms with Crippen molar-refractivity contribution < 1.29 is 0 Å². The minimum atomic E-state index is 0.545. The normalized spacial score (nSPS) is 11.5. The Morgan fingerprint density at radius 1 is 1.07 bits per heavy atom. The molecule has 0 aliphatic heterocycles. The Morgan fingerprint density at radius 3 is 2.56 bits per heavy atom. The van der Waals surface area contributed by atoms with Gasteiger partial charge in [0.2, 0.25) is 0 Å². The highest BCUT2D eigenvalue weighted by Gasteiger charge is 2.10. The summed E-state index contributed by atoms with van der Waals surface area (Å²) in [5.41, 5.74) is 5.96. The van der Waals surface area contributed by atoms with E-state index < -0.39 is 0 Å². The van der Waals surface area contributed by atoms with E-state index in [0.29, 0.717) is 6.04 Å². The van der Waals surface area contributed by atoms with Gasteiger partial charge >= 0.3 is 0 Å². The monoisotopic (exact) mass is 363 g/mol. The number of aromatic nitrogens is 3. The van der Waals surface area contributed by atoms with E-state index in [1.807, 2.05) is 23.9 Å². The average Bonchev–Trinajstić information content (AvgIpc) is 3.03. The van der Waals surface area contributed by atoms with Crippen molar-refractivity contribution in [3.05, 3.63) is 71.7 Å². The van der Waals surface area contributed by atoms with E-state index in [2.05, 4.69) is 71.7 Å². The summed E-state index contributed by atoms with van der Waals surface area (Å²) < 4.78 is 1.87. The highest BCUT2D eigenvalue weighted by molar-refractivity contribution is 5.61. The highest BCUT2D eigenvalue weighted by Crippen LogP contribution is 2.21. The van der Waals surface area contributed by atoms with Crippen LogP contribution in [0, 0.1) is 0 Å². The topological polar surface area (TPSA) is 46.0 Å². The van der Waals surface area contributed by atoms with E-state index in [9.17, 15) is 0 Å². The second-order valence-corrected chi connectivity index (χ2v) is 7.34. The molecule has 0 saturated heterocycles.